The number of hydrogen-bond acceptors (Lipinski definition) is 3. The van der Waals surface area contributed by atoms with Crippen molar-refractivity contribution in [3.8, 4) is 5.69 Å². The SMILES string of the molecule is CCCCCCn1ccn(-c2ccccc2)c1=O.O=S(=O)(Cl)Cl. The van der Waals surface area contributed by atoms with Crippen molar-refractivity contribution in [2.24, 2.45) is 0 Å². The Morgan fingerprint density at radius 1 is 1.00 bits per heavy atom. The van der Waals surface area contributed by atoms with Gasteiger partial charge in [-0.05, 0) is 18.6 Å². The van der Waals surface area contributed by atoms with E-state index in [1.165, 1.54) is 19.3 Å². The molecule has 0 saturated carbocycles. The van der Waals surface area contributed by atoms with Crippen molar-refractivity contribution in [1.29, 1.82) is 0 Å². The molecule has 0 saturated heterocycles. The molecule has 0 aliphatic carbocycles. The van der Waals surface area contributed by atoms with Crippen LogP contribution in [0.15, 0.2) is 47.5 Å². The number of imidazole rings is 1. The fraction of sp³-hybridized carbons (Fsp3) is 0.400. The Hall–Kier alpha value is -1.24. The Morgan fingerprint density at radius 3 is 2.17 bits per heavy atom. The molecule has 0 atom stereocenters. The van der Waals surface area contributed by atoms with Crippen LogP contribution < -0.4 is 5.69 Å². The van der Waals surface area contributed by atoms with Gasteiger partial charge in [0.15, 0.2) is 0 Å². The maximum atomic E-state index is 12.2. The zero-order chi connectivity index (χ0) is 17.3. The quantitative estimate of drug-likeness (QED) is 0.564. The summed E-state index contributed by atoms with van der Waals surface area (Å²) in [4.78, 5) is 12.2. The lowest BCUT2D eigenvalue weighted by Gasteiger charge is -2.02. The van der Waals surface area contributed by atoms with Gasteiger partial charge in [0, 0.05) is 40.3 Å². The molecule has 8 heteroatoms. The van der Waals surface area contributed by atoms with Gasteiger partial charge in [-0.3, -0.25) is 9.13 Å². The summed E-state index contributed by atoms with van der Waals surface area (Å²) in [5.41, 5.74) is 0.979. The van der Waals surface area contributed by atoms with E-state index in [9.17, 15) is 4.79 Å². The minimum absolute atomic E-state index is 0.0534. The summed E-state index contributed by atoms with van der Waals surface area (Å²) in [6, 6.07) is 9.74. The average molecular weight is 379 g/mol. The third kappa shape index (κ3) is 8.25. The monoisotopic (exact) mass is 378 g/mol. The predicted molar refractivity (Wildman–Crippen MR) is 94.8 cm³/mol. The first-order valence-corrected chi connectivity index (χ1v) is 10.4. The highest BCUT2D eigenvalue weighted by molar-refractivity contribution is 8.31. The Morgan fingerprint density at radius 2 is 1.61 bits per heavy atom. The first-order chi connectivity index (χ1) is 10.8. The van der Waals surface area contributed by atoms with Gasteiger partial charge in [0.05, 0.1) is 5.69 Å². The Kier molecular flexibility index (Phi) is 8.44. The molecule has 0 spiro atoms. The molecule has 0 aliphatic heterocycles. The molecule has 0 bridgehead atoms. The second-order valence-corrected chi connectivity index (χ2v) is 8.59. The highest BCUT2D eigenvalue weighted by atomic mass is 36.0. The lowest BCUT2D eigenvalue weighted by atomic mass is 10.2. The molecule has 5 nitrogen and oxygen atoms in total. The molecule has 1 aromatic heterocycles. The molecule has 0 N–H and O–H groups in total. The van der Waals surface area contributed by atoms with E-state index in [0.29, 0.717) is 0 Å². The smallest absolute Gasteiger partial charge is 0.299 e. The maximum Gasteiger partial charge on any atom is 0.332 e. The Bertz CT molecular complexity index is 732. The minimum atomic E-state index is -3.72. The van der Waals surface area contributed by atoms with Crippen LogP contribution in [0, 0.1) is 0 Å². The standard InChI is InChI=1S/C15H20N2O.Cl2O2S/c1-2-3-4-8-11-16-12-13-17(15(16)18)14-9-6-5-7-10-14;1-5(2,3)4/h5-7,9-10,12-13H,2-4,8,11H2,1H3;. The zero-order valence-electron chi connectivity index (χ0n) is 12.9. The largest absolute Gasteiger partial charge is 0.332 e. The first-order valence-electron chi connectivity index (χ1n) is 7.30. The molecule has 0 fully saturated rings. The summed E-state index contributed by atoms with van der Waals surface area (Å²) in [6.07, 6.45) is 8.46. The van der Waals surface area contributed by atoms with Crippen LogP contribution in [0.25, 0.3) is 5.69 Å². The molecule has 0 radical (unpaired) electrons. The van der Waals surface area contributed by atoms with Crippen LogP contribution in [0.2, 0.25) is 0 Å². The fourth-order valence-corrected chi connectivity index (χ4v) is 2.08. The maximum absolute atomic E-state index is 12.2. The predicted octanol–water partition coefficient (Wildman–Crippen LogP) is 3.93. The number of aryl methyl sites for hydroxylation is 1. The summed E-state index contributed by atoms with van der Waals surface area (Å²) >= 11 is 0. The average Bonchev–Trinajstić information content (AvgIpc) is 2.84. The van der Waals surface area contributed by atoms with Crippen LogP contribution in [0.5, 0.6) is 0 Å². The second-order valence-electron chi connectivity index (χ2n) is 4.92. The minimum Gasteiger partial charge on any atom is -0.299 e. The van der Waals surface area contributed by atoms with E-state index in [0.717, 1.165) is 18.7 Å². The van der Waals surface area contributed by atoms with Gasteiger partial charge in [0.25, 0.3) is 0 Å². The summed E-state index contributed by atoms with van der Waals surface area (Å²) in [5.74, 6) is 0. The molecule has 1 heterocycles. The van der Waals surface area contributed by atoms with Crippen molar-refractivity contribution < 1.29 is 8.42 Å². The van der Waals surface area contributed by atoms with Gasteiger partial charge in [-0.25, -0.2) is 4.79 Å². The van der Waals surface area contributed by atoms with E-state index in [4.69, 9.17) is 8.42 Å². The number of unbranched alkanes of at least 4 members (excludes halogenated alkanes) is 3. The number of benzene rings is 1. The van der Waals surface area contributed by atoms with Gasteiger partial charge in [-0.15, -0.1) is 0 Å². The van der Waals surface area contributed by atoms with Crippen LogP contribution in [0.1, 0.15) is 32.6 Å². The van der Waals surface area contributed by atoms with Gasteiger partial charge in [0.1, 0.15) is 0 Å². The fourth-order valence-electron chi connectivity index (χ4n) is 2.08. The van der Waals surface area contributed by atoms with Gasteiger partial charge >= 0.3 is 14.0 Å². The molecule has 0 unspecified atom stereocenters. The van der Waals surface area contributed by atoms with Crippen LogP contribution in [0.4, 0.5) is 0 Å². The molecule has 128 valence electrons. The van der Waals surface area contributed by atoms with Crippen molar-refractivity contribution >= 4 is 29.6 Å². The highest BCUT2D eigenvalue weighted by Gasteiger charge is 2.04. The van der Waals surface area contributed by atoms with Crippen molar-refractivity contribution in [2.75, 3.05) is 0 Å². The lowest BCUT2D eigenvalue weighted by Crippen LogP contribution is -2.22. The first kappa shape index (κ1) is 19.8. The molecular weight excluding hydrogens is 359 g/mol. The summed E-state index contributed by atoms with van der Waals surface area (Å²) in [6.45, 7) is 3.01. The van der Waals surface area contributed by atoms with E-state index < -0.39 is 8.26 Å². The van der Waals surface area contributed by atoms with Crippen molar-refractivity contribution in [3.63, 3.8) is 0 Å². The zero-order valence-corrected chi connectivity index (χ0v) is 15.2. The third-order valence-corrected chi connectivity index (χ3v) is 3.13. The molecule has 0 aliphatic rings. The summed E-state index contributed by atoms with van der Waals surface area (Å²) < 4.78 is 21.8. The number of halogens is 2. The van der Waals surface area contributed by atoms with Crippen LogP contribution in [-0.2, 0) is 14.8 Å². The van der Waals surface area contributed by atoms with Gasteiger partial charge in [0.2, 0.25) is 0 Å². The Labute approximate surface area is 145 Å². The molecule has 23 heavy (non-hydrogen) atoms. The van der Waals surface area contributed by atoms with E-state index in [1.807, 2.05) is 42.7 Å². The van der Waals surface area contributed by atoms with E-state index in [1.54, 1.807) is 9.13 Å². The number of rotatable bonds is 6. The van der Waals surface area contributed by atoms with Gasteiger partial charge in [-0.2, -0.15) is 8.42 Å². The lowest BCUT2D eigenvalue weighted by molar-refractivity contribution is 0.568. The molecular formula is C15H20Cl2N2O3S. The van der Waals surface area contributed by atoms with Crippen molar-refractivity contribution in [3.05, 3.63) is 53.2 Å². The van der Waals surface area contributed by atoms with Gasteiger partial charge < -0.3 is 0 Å². The molecule has 2 rings (SSSR count). The molecule has 2 aromatic rings. The second kappa shape index (κ2) is 9.80. The summed E-state index contributed by atoms with van der Waals surface area (Å²) in [7, 11) is 4.81. The van der Waals surface area contributed by atoms with Crippen molar-refractivity contribution in [1.82, 2.24) is 9.13 Å². The van der Waals surface area contributed by atoms with Gasteiger partial charge in [-0.1, -0.05) is 44.4 Å². The number of nitrogens with zero attached hydrogens (tertiary/aromatic N) is 2. The van der Waals surface area contributed by atoms with Crippen molar-refractivity contribution in [2.45, 2.75) is 39.2 Å². The van der Waals surface area contributed by atoms with E-state index >= 15 is 0 Å². The van der Waals surface area contributed by atoms with Crippen LogP contribution >= 0.6 is 21.4 Å². The topological polar surface area (TPSA) is 61.1 Å². The number of aromatic nitrogens is 2. The van der Waals surface area contributed by atoms with Crippen LogP contribution in [-0.4, -0.2) is 17.6 Å². The third-order valence-electron chi connectivity index (χ3n) is 3.13. The van der Waals surface area contributed by atoms with E-state index in [-0.39, 0.29) is 5.69 Å². The summed E-state index contributed by atoms with van der Waals surface area (Å²) in [5, 5.41) is 0. The Balaban J connectivity index is 0.000000463. The highest BCUT2D eigenvalue weighted by Crippen LogP contribution is 2.05. The number of para-hydroxylation sites is 1. The normalized spacial score (nSPS) is 10.9. The number of hydrogen-bond donors (Lipinski definition) is 0. The van der Waals surface area contributed by atoms with Crippen LogP contribution in [0.3, 0.4) is 0 Å². The van der Waals surface area contributed by atoms with E-state index in [2.05, 4.69) is 28.3 Å². The molecule has 1 aromatic carbocycles. The molecule has 0 amide bonds.